The fraction of sp³-hybridized carbons (Fsp3) is 0.478. The van der Waals surface area contributed by atoms with Crippen molar-refractivity contribution in [1.82, 2.24) is 35.6 Å². The van der Waals surface area contributed by atoms with Gasteiger partial charge < -0.3 is 5.32 Å². The Labute approximate surface area is 181 Å². The van der Waals surface area contributed by atoms with Crippen molar-refractivity contribution in [2.75, 3.05) is 13.1 Å². The molecule has 1 saturated heterocycles. The lowest BCUT2D eigenvalue weighted by molar-refractivity contribution is -0.125. The number of carbonyl (C=O) groups is 1. The van der Waals surface area contributed by atoms with Crippen molar-refractivity contribution in [3.63, 3.8) is 0 Å². The third kappa shape index (κ3) is 4.25. The van der Waals surface area contributed by atoms with Gasteiger partial charge in [0.1, 0.15) is 5.82 Å². The van der Waals surface area contributed by atoms with Crippen molar-refractivity contribution in [3.05, 3.63) is 53.7 Å². The topological polar surface area (TPSA) is 103 Å². The van der Waals surface area contributed by atoms with Crippen molar-refractivity contribution in [3.8, 4) is 11.3 Å². The molecule has 3 aromatic rings. The number of likely N-dealkylation sites (tertiary alicyclic amines) is 1. The highest BCUT2D eigenvalue weighted by molar-refractivity contribution is 5.79. The zero-order chi connectivity index (χ0) is 21.2. The molecule has 2 atom stereocenters. The van der Waals surface area contributed by atoms with Crippen LogP contribution in [0.15, 0.2) is 36.5 Å². The minimum Gasteiger partial charge on any atom is -0.351 e. The molecule has 3 heterocycles. The van der Waals surface area contributed by atoms with Gasteiger partial charge in [-0.15, -0.1) is 0 Å². The second-order valence-corrected chi connectivity index (χ2v) is 8.81. The number of amides is 1. The van der Waals surface area contributed by atoms with Crippen LogP contribution in [0.4, 0.5) is 0 Å². The summed E-state index contributed by atoms with van der Waals surface area (Å²) in [5.74, 6) is 2.00. The van der Waals surface area contributed by atoms with Crippen LogP contribution in [-0.4, -0.2) is 55.3 Å². The average Bonchev–Trinajstić information content (AvgIpc) is 3.57. The van der Waals surface area contributed by atoms with E-state index < -0.39 is 0 Å². The Morgan fingerprint density at radius 3 is 2.71 bits per heavy atom. The van der Waals surface area contributed by atoms with Gasteiger partial charge in [-0.25, -0.2) is 4.98 Å². The molecular weight excluding hydrogens is 390 g/mol. The number of nitrogens with one attached hydrogen (secondary N) is 3. The summed E-state index contributed by atoms with van der Waals surface area (Å²) in [6.07, 6.45) is 6.21. The molecule has 3 N–H and O–H groups in total. The summed E-state index contributed by atoms with van der Waals surface area (Å²) in [4.78, 5) is 19.8. The second-order valence-electron chi connectivity index (χ2n) is 8.81. The molecule has 5 rings (SSSR count). The lowest BCUT2D eigenvalue weighted by atomic mass is 10.0. The largest absolute Gasteiger partial charge is 0.351 e. The number of aromatic amines is 2. The zero-order valence-corrected chi connectivity index (χ0v) is 17.8. The Bertz CT molecular complexity index is 1020. The molecule has 0 radical (unpaired) electrons. The molecular formula is C23H29N7O. The molecule has 8 nitrogen and oxygen atoms in total. The number of aromatic nitrogens is 5. The number of hydrogen-bond acceptors (Lipinski definition) is 5. The van der Waals surface area contributed by atoms with Crippen LogP contribution in [0, 0.1) is 12.8 Å². The molecule has 8 heteroatoms. The normalized spacial score (nSPS) is 22.2. The first kappa shape index (κ1) is 19.9. The minimum absolute atomic E-state index is 0.00961. The average molecular weight is 420 g/mol. The van der Waals surface area contributed by atoms with Crippen molar-refractivity contribution < 1.29 is 4.79 Å². The molecule has 1 aromatic carbocycles. The maximum atomic E-state index is 12.9. The Morgan fingerprint density at radius 1 is 1.16 bits per heavy atom. The molecule has 2 aromatic heterocycles. The molecule has 0 spiro atoms. The first-order chi connectivity index (χ1) is 15.2. The Hall–Kier alpha value is -3.00. The van der Waals surface area contributed by atoms with E-state index in [1.165, 1.54) is 0 Å². The van der Waals surface area contributed by atoms with Gasteiger partial charge in [0, 0.05) is 31.1 Å². The van der Waals surface area contributed by atoms with E-state index in [1.54, 1.807) is 0 Å². The molecule has 1 aliphatic heterocycles. The Balaban J connectivity index is 1.34. The summed E-state index contributed by atoms with van der Waals surface area (Å²) in [6.45, 7) is 4.24. The van der Waals surface area contributed by atoms with Gasteiger partial charge in [0.25, 0.3) is 0 Å². The smallest absolute Gasteiger partial charge is 0.223 e. The SMILES string of the molecule is Cc1nc([C@@H]2CN(Cc3cn[nH]c3-c3ccccc3)C[C@H]2NC(=O)C2CCCC2)n[nH]1. The van der Waals surface area contributed by atoms with Crippen LogP contribution in [0.25, 0.3) is 11.3 Å². The number of hydrogen-bond donors (Lipinski definition) is 3. The molecule has 0 bridgehead atoms. The molecule has 1 saturated carbocycles. The van der Waals surface area contributed by atoms with Gasteiger partial charge in [0.2, 0.25) is 5.91 Å². The van der Waals surface area contributed by atoms with E-state index in [1.807, 2.05) is 31.3 Å². The van der Waals surface area contributed by atoms with Crippen LogP contribution in [0.1, 0.15) is 48.8 Å². The predicted molar refractivity (Wildman–Crippen MR) is 117 cm³/mol. The predicted octanol–water partition coefficient (Wildman–Crippen LogP) is 2.78. The number of benzene rings is 1. The minimum atomic E-state index is 0.00961. The number of aryl methyl sites for hydroxylation is 1. The molecule has 1 aliphatic carbocycles. The van der Waals surface area contributed by atoms with Gasteiger partial charge in [-0.3, -0.25) is 19.9 Å². The van der Waals surface area contributed by atoms with E-state index in [9.17, 15) is 4.79 Å². The van der Waals surface area contributed by atoms with Crippen molar-refractivity contribution in [2.45, 2.75) is 51.1 Å². The van der Waals surface area contributed by atoms with Crippen LogP contribution in [0.2, 0.25) is 0 Å². The monoisotopic (exact) mass is 419 g/mol. The molecule has 2 aliphatic rings. The highest BCUT2D eigenvalue weighted by Crippen LogP contribution is 2.30. The van der Waals surface area contributed by atoms with Crippen LogP contribution in [0.5, 0.6) is 0 Å². The van der Waals surface area contributed by atoms with Crippen LogP contribution in [0.3, 0.4) is 0 Å². The maximum Gasteiger partial charge on any atom is 0.223 e. The summed E-state index contributed by atoms with van der Waals surface area (Å²) in [6, 6.07) is 10.3. The van der Waals surface area contributed by atoms with E-state index in [4.69, 9.17) is 0 Å². The summed E-state index contributed by atoms with van der Waals surface area (Å²) < 4.78 is 0. The molecule has 2 fully saturated rings. The highest BCUT2D eigenvalue weighted by atomic mass is 16.2. The fourth-order valence-corrected chi connectivity index (χ4v) is 4.96. The van der Waals surface area contributed by atoms with E-state index in [0.29, 0.717) is 0 Å². The molecule has 0 unspecified atom stereocenters. The maximum absolute atomic E-state index is 12.9. The summed E-state index contributed by atoms with van der Waals surface area (Å²) >= 11 is 0. The standard InChI is InChI=1S/C23H29N7O/c1-15-25-22(29-27-15)19-13-30(14-20(19)26-23(31)17-9-5-6-10-17)12-18-11-24-28-21(18)16-7-3-2-4-8-16/h2-4,7-8,11,17,19-20H,5-6,9-10,12-14H2,1H3,(H,24,28)(H,26,31)(H,25,27,29)/t19-,20-/m1/s1. The van der Waals surface area contributed by atoms with Gasteiger partial charge >= 0.3 is 0 Å². The third-order valence-corrected chi connectivity index (χ3v) is 6.57. The Morgan fingerprint density at radius 2 is 1.97 bits per heavy atom. The lowest BCUT2D eigenvalue weighted by Gasteiger charge is -2.20. The number of nitrogens with zero attached hydrogens (tertiary/aromatic N) is 4. The van der Waals surface area contributed by atoms with E-state index in [-0.39, 0.29) is 23.8 Å². The second kappa shape index (κ2) is 8.63. The molecule has 31 heavy (non-hydrogen) atoms. The summed E-state index contributed by atoms with van der Waals surface area (Å²) in [7, 11) is 0. The summed E-state index contributed by atoms with van der Waals surface area (Å²) in [5.41, 5.74) is 3.32. The van der Waals surface area contributed by atoms with E-state index in [0.717, 1.165) is 73.8 Å². The fourth-order valence-electron chi connectivity index (χ4n) is 4.96. The first-order valence-corrected chi connectivity index (χ1v) is 11.2. The highest BCUT2D eigenvalue weighted by Gasteiger charge is 2.38. The van der Waals surface area contributed by atoms with Gasteiger partial charge in [-0.1, -0.05) is 43.2 Å². The zero-order valence-electron chi connectivity index (χ0n) is 17.8. The van der Waals surface area contributed by atoms with Gasteiger partial charge in [0.05, 0.1) is 23.9 Å². The Kier molecular flexibility index (Phi) is 5.55. The van der Waals surface area contributed by atoms with Crippen molar-refractivity contribution >= 4 is 5.91 Å². The quantitative estimate of drug-likeness (QED) is 0.570. The first-order valence-electron chi connectivity index (χ1n) is 11.2. The molecule has 162 valence electrons. The number of carbonyl (C=O) groups excluding carboxylic acids is 1. The molecule has 1 amide bonds. The van der Waals surface area contributed by atoms with Crippen LogP contribution >= 0.6 is 0 Å². The van der Waals surface area contributed by atoms with Crippen LogP contribution in [-0.2, 0) is 11.3 Å². The lowest BCUT2D eigenvalue weighted by Crippen LogP contribution is -2.42. The van der Waals surface area contributed by atoms with Gasteiger partial charge in [0.15, 0.2) is 5.82 Å². The van der Waals surface area contributed by atoms with Gasteiger partial charge in [-0.05, 0) is 25.3 Å². The number of rotatable bonds is 6. The number of H-pyrrole nitrogens is 2. The third-order valence-electron chi connectivity index (χ3n) is 6.57. The van der Waals surface area contributed by atoms with E-state index in [2.05, 4.69) is 47.7 Å². The van der Waals surface area contributed by atoms with Crippen molar-refractivity contribution in [2.24, 2.45) is 5.92 Å². The van der Waals surface area contributed by atoms with Gasteiger partial charge in [-0.2, -0.15) is 10.2 Å². The van der Waals surface area contributed by atoms with E-state index >= 15 is 0 Å². The van der Waals surface area contributed by atoms with Crippen LogP contribution < -0.4 is 5.32 Å². The van der Waals surface area contributed by atoms with Crippen molar-refractivity contribution in [1.29, 1.82) is 0 Å². The summed E-state index contributed by atoms with van der Waals surface area (Å²) in [5, 5.41) is 18.1.